The molecule has 1 atom stereocenters. The normalized spacial score (nSPS) is 20.5. The third-order valence-corrected chi connectivity index (χ3v) is 6.75. The molecule has 2 saturated heterocycles. The number of likely N-dealkylation sites (tertiary alicyclic amines) is 1. The Morgan fingerprint density at radius 2 is 1.84 bits per heavy atom. The van der Waals surface area contributed by atoms with Crippen LogP contribution in [0.15, 0.2) is 18.2 Å². The van der Waals surface area contributed by atoms with Gasteiger partial charge in [-0.2, -0.15) is 18.4 Å². The van der Waals surface area contributed by atoms with Gasteiger partial charge in [-0.25, -0.2) is 0 Å². The summed E-state index contributed by atoms with van der Waals surface area (Å²) in [6, 6.07) is 5.32. The van der Waals surface area contributed by atoms with Gasteiger partial charge >= 0.3 is 6.18 Å². The summed E-state index contributed by atoms with van der Waals surface area (Å²) in [5.41, 5.74) is -1.45. The van der Waals surface area contributed by atoms with Crippen molar-refractivity contribution in [3.05, 3.63) is 29.3 Å². The van der Waals surface area contributed by atoms with Crippen molar-refractivity contribution in [3.8, 4) is 6.07 Å². The Morgan fingerprint density at radius 1 is 1.22 bits per heavy atom. The Morgan fingerprint density at radius 3 is 2.34 bits per heavy atom. The first-order valence-corrected chi connectivity index (χ1v) is 10.8. The summed E-state index contributed by atoms with van der Waals surface area (Å²) in [5.74, 6) is -0.463. The number of alkyl halides is 3. The van der Waals surface area contributed by atoms with Gasteiger partial charge in [-0.3, -0.25) is 9.59 Å². The average Bonchev–Trinajstić information content (AvgIpc) is 3.10. The fraction of sp³-hybridized carbons (Fsp3) is 0.609. The molecule has 1 aromatic rings. The van der Waals surface area contributed by atoms with Crippen LogP contribution in [-0.2, 0) is 15.8 Å². The fourth-order valence-corrected chi connectivity index (χ4v) is 4.92. The second kappa shape index (κ2) is 8.64. The van der Waals surface area contributed by atoms with E-state index in [-0.39, 0.29) is 23.7 Å². The van der Waals surface area contributed by atoms with E-state index in [0.29, 0.717) is 44.7 Å². The SMILES string of the molecule is CC(C)C(=O)N1CCC2(CC1)CN(c1ccc(C#N)c(C(F)(F)F)c1)CC2C(=O)N(C)C. The summed E-state index contributed by atoms with van der Waals surface area (Å²) >= 11 is 0. The van der Waals surface area contributed by atoms with Crippen LogP contribution in [0.1, 0.15) is 37.8 Å². The summed E-state index contributed by atoms with van der Waals surface area (Å²) in [6.07, 6.45) is -3.40. The Hall–Kier alpha value is -2.76. The molecule has 1 spiro atoms. The van der Waals surface area contributed by atoms with Crippen LogP contribution in [0.5, 0.6) is 0 Å². The Balaban J connectivity index is 1.92. The highest BCUT2D eigenvalue weighted by Gasteiger charge is 2.52. The van der Waals surface area contributed by atoms with Crippen molar-refractivity contribution in [2.24, 2.45) is 17.3 Å². The molecule has 3 rings (SSSR count). The van der Waals surface area contributed by atoms with Crippen LogP contribution < -0.4 is 4.90 Å². The fourth-order valence-electron chi connectivity index (χ4n) is 4.92. The van der Waals surface area contributed by atoms with Crippen LogP contribution in [0, 0.1) is 28.6 Å². The van der Waals surface area contributed by atoms with Gasteiger partial charge in [-0.15, -0.1) is 0 Å². The number of nitriles is 1. The molecule has 2 aliphatic heterocycles. The number of benzene rings is 1. The second-order valence-electron chi connectivity index (χ2n) is 9.35. The lowest BCUT2D eigenvalue weighted by molar-refractivity contribution is -0.140. The molecule has 2 amide bonds. The minimum atomic E-state index is -4.64. The first-order chi connectivity index (χ1) is 14.9. The highest BCUT2D eigenvalue weighted by Crippen LogP contribution is 2.47. The van der Waals surface area contributed by atoms with Crippen molar-refractivity contribution in [3.63, 3.8) is 0 Å². The third-order valence-electron chi connectivity index (χ3n) is 6.75. The summed E-state index contributed by atoms with van der Waals surface area (Å²) in [7, 11) is 3.36. The van der Waals surface area contributed by atoms with E-state index in [1.807, 2.05) is 23.6 Å². The first kappa shape index (κ1) is 23.9. The van der Waals surface area contributed by atoms with E-state index in [4.69, 9.17) is 5.26 Å². The lowest BCUT2D eigenvalue weighted by Gasteiger charge is -2.43. The number of hydrogen-bond acceptors (Lipinski definition) is 4. The molecule has 174 valence electrons. The van der Waals surface area contributed by atoms with Crippen molar-refractivity contribution in [1.82, 2.24) is 9.80 Å². The summed E-state index contributed by atoms with van der Waals surface area (Å²) < 4.78 is 40.4. The molecule has 2 fully saturated rings. The predicted octanol–water partition coefficient (Wildman–Crippen LogP) is 3.37. The topological polar surface area (TPSA) is 67.6 Å². The number of rotatable bonds is 3. The van der Waals surface area contributed by atoms with Crippen molar-refractivity contribution in [2.45, 2.75) is 32.9 Å². The van der Waals surface area contributed by atoms with E-state index >= 15 is 0 Å². The molecule has 0 aliphatic carbocycles. The largest absolute Gasteiger partial charge is 0.417 e. The standard InChI is InChI=1S/C23H29F3N4O2/c1-15(2)20(31)29-9-7-22(8-10-29)14-30(13-19(22)21(32)28(3)4)17-6-5-16(12-27)18(11-17)23(24,25)26/h5-6,11,15,19H,7-10,13-14H2,1-4H3. The van der Waals surface area contributed by atoms with Crippen LogP contribution in [0.4, 0.5) is 18.9 Å². The highest BCUT2D eigenvalue weighted by atomic mass is 19.4. The zero-order valence-corrected chi connectivity index (χ0v) is 18.9. The van der Waals surface area contributed by atoms with E-state index in [2.05, 4.69) is 0 Å². The van der Waals surface area contributed by atoms with E-state index in [1.165, 1.54) is 17.0 Å². The maximum atomic E-state index is 13.5. The van der Waals surface area contributed by atoms with Gasteiger partial charge < -0.3 is 14.7 Å². The maximum Gasteiger partial charge on any atom is 0.417 e. The number of piperidine rings is 1. The minimum Gasteiger partial charge on any atom is -0.370 e. The molecule has 2 heterocycles. The molecule has 9 heteroatoms. The average molecular weight is 451 g/mol. The van der Waals surface area contributed by atoms with E-state index in [9.17, 15) is 22.8 Å². The minimum absolute atomic E-state index is 0.0548. The van der Waals surface area contributed by atoms with Crippen molar-refractivity contribution in [2.75, 3.05) is 45.2 Å². The molecule has 0 aromatic heterocycles. The Labute approximate surface area is 186 Å². The number of amides is 2. The number of halogens is 3. The lowest BCUT2D eigenvalue weighted by Crippen LogP contribution is -2.50. The Bertz CT molecular complexity index is 928. The number of hydrogen-bond donors (Lipinski definition) is 0. The van der Waals surface area contributed by atoms with E-state index < -0.39 is 22.7 Å². The summed E-state index contributed by atoms with van der Waals surface area (Å²) in [5, 5.41) is 9.08. The van der Waals surface area contributed by atoms with Crippen LogP contribution in [0.2, 0.25) is 0 Å². The highest BCUT2D eigenvalue weighted by molar-refractivity contribution is 5.81. The van der Waals surface area contributed by atoms with Crippen LogP contribution in [-0.4, -0.2) is 61.9 Å². The number of nitrogens with zero attached hydrogens (tertiary/aromatic N) is 4. The van der Waals surface area contributed by atoms with E-state index in [1.54, 1.807) is 20.2 Å². The molecular formula is C23H29F3N4O2. The van der Waals surface area contributed by atoms with Gasteiger partial charge in [-0.05, 0) is 31.0 Å². The van der Waals surface area contributed by atoms with Gasteiger partial charge in [0.1, 0.15) is 0 Å². The van der Waals surface area contributed by atoms with Gasteiger partial charge in [0.2, 0.25) is 11.8 Å². The van der Waals surface area contributed by atoms with Gasteiger partial charge in [0.15, 0.2) is 0 Å². The summed E-state index contributed by atoms with van der Waals surface area (Å²) in [4.78, 5) is 30.6. The number of anilines is 1. The molecule has 6 nitrogen and oxygen atoms in total. The van der Waals surface area contributed by atoms with Crippen molar-refractivity contribution < 1.29 is 22.8 Å². The monoisotopic (exact) mass is 450 g/mol. The predicted molar refractivity (Wildman–Crippen MR) is 114 cm³/mol. The summed E-state index contributed by atoms with van der Waals surface area (Å²) in [6.45, 7) is 5.51. The molecule has 0 radical (unpaired) electrons. The van der Waals surface area contributed by atoms with Gasteiger partial charge in [0.25, 0.3) is 0 Å². The van der Waals surface area contributed by atoms with Crippen molar-refractivity contribution in [1.29, 1.82) is 5.26 Å². The zero-order chi connectivity index (χ0) is 23.8. The van der Waals surface area contributed by atoms with Crippen LogP contribution >= 0.6 is 0 Å². The Kier molecular flexibility index (Phi) is 6.45. The molecule has 1 aromatic carbocycles. The maximum absolute atomic E-state index is 13.5. The second-order valence-corrected chi connectivity index (χ2v) is 9.35. The van der Waals surface area contributed by atoms with Gasteiger partial charge in [0, 0.05) is 57.3 Å². The van der Waals surface area contributed by atoms with Crippen LogP contribution in [0.25, 0.3) is 0 Å². The molecule has 0 saturated carbocycles. The zero-order valence-electron chi connectivity index (χ0n) is 18.9. The number of carbonyl (C=O) groups excluding carboxylic acids is 2. The molecule has 2 aliphatic rings. The third kappa shape index (κ3) is 4.41. The molecule has 1 unspecified atom stereocenters. The smallest absolute Gasteiger partial charge is 0.370 e. The van der Waals surface area contributed by atoms with E-state index in [0.717, 1.165) is 6.07 Å². The first-order valence-electron chi connectivity index (χ1n) is 10.8. The molecule has 0 N–H and O–H groups in total. The van der Waals surface area contributed by atoms with Gasteiger partial charge in [-0.1, -0.05) is 13.8 Å². The quantitative estimate of drug-likeness (QED) is 0.708. The van der Waals surface area contributed by atoms with Gasteiger partial charge in [0.05, 0.1) is 23.1 Å². The molecular weight excluding hydrogens is 421 g/mol. The van der Waals surface area contributed by atoms with Crippen molar-refractivity contribution >= 4 is 17.5 Å². The number of carbonyl (C=O) groups is 2. The molecule has 32 heavy (non-hydrogen) atoms. The molecule has 0 bridgehead atoms. The van der Waals surface area contributed by atoms with Crippen LogP contribution in [0.3, 0.4) is 0 Å². The lowest BCUT2D eigenvalue weighted by atomic mass is 9.70.